The molecule has 0 amide bonds. The molecule has 0 aliphatic heterocycles. The maximum atomic E-state index is 12.7. The molecular weight excluding hydrogens is 443 g/mol. The average Bonchev–Trinajstić information content (AvgIpc) is 2.68. The van der Waals surface area contributed by atoms with Gasteiger partial charge in [0.05, 0.1) is 5.69 Å². The van der Waals surface area contributed by atoms with Crippen LogP contribution in [0, 0.1) is 0 Å². The molecule has 3 rings (SSSR count). The van der Waals surface area contributed by atoms with Gasteiger partial charge in [0.25, 0.3) is 11.5 Å². The first-order chi connectivity index (χ1) is 12.2. The Morgan fingerprint density at radius 2 is 1.65 bits per heavy atom. The lowest BCUT2D eigenvalue weighted by Gasteiger charge is -2.08. The van der Waals surface area contributed by atoms with Crippen molar-refractivity contribution in [2.45, 2.75) is 12.6 Å². The third-order valence-electron chi connectivity index (χ3n) is 3.82. The highest BCUT2D eigenvalue weighted by atomic mass is 127. The Bertz CT molecular complexity index is 886. The number of pyridine rings is 2. The van der Waals surface area contributed by atoms with Gasteiger partial charge in [-0.2, -0.15) is 4.57 Å². The van der Waals surface area contributed by atoms with Crippen molar-refractivity contribution in [1.82, 2.24) is 4.98 Å². The van der Waals surface area contributed by atoms with E-state index in [2.05, 4.69) is 4.98 Å². The third kappa shape index (κ3) is 4.59. The lowest BCUT2D eigenvalue weighted by atomic mass is 10.1. The summed E-state index contributed by atoms with van der Waals surface area (Å²) >= 11 is 0. The summed E-state index contributed by atoms with van der Waals surface area (Å²) in [5, 5.41) is 10.3. The SMILES string of the molecule is O=C(C[n+]1ccccc1C(=O)C(O)c1ccccn1)c1ccccc1.[I-]. The van der Waals surface area contributed by atoms with E-state index in [0.29, 0.717) is 5.56 Å². The Labute approximate surface area is 168 Å². The molecule has 0 aliphatic carbocycles. The Morgan fingerprint density at radius 3 is 2.35 bits per heavy atom. The summed E-state index contributed by atoms with van der Waals surface area (Å²) in [6.45, 7) is 0.0147. The zero-order chi connectivity index (χ0) is 17.6. The Kier molecular flexibility index (Phi) is 7.11. The second-order valence-electron chi connectivity index (χ2n) is 5.52. The number of carbonyl (C=O) groups excluding carboxylic acids is 2. The molecule has 2 aromatic heterocycles. The number of aliphatic hydroxyl groups is 1. The molecule has 0 bridgehead atoms. The number of aromatic nitrogens is 2. The molecule has 1 N–H and O–H groups in total. The summed E-state index contributed by atoms with van der Waals surface area (Å²) in [4.78, 5) is 29.1. The Hall–Kier alpha value is -2.45. The number of nitrogens with zero attached hydrogens (tertiary/aromatic N) is 2. The Balaban J connectivity index is 0.00000243. The highest BCUT2D eigenvalue weighted by Gasteiger charge is 2.28. The topological polar surface area (TPSA) is 71.1 Å². The zero-order valence-electron chi connectivity index (χ0n) is 13.8. The second-order valence-corrected chi connectivity index (χ2v) is 5.52. The molecule has 1 aromatic carbocycles. The maximum absolute atomic E-state index is 12.7. The molecule has 1 unspecified atom stereocenters. The van der Waals surface area contributed by atoms with E-state index in [4.69, 9.17) is 0 Å². The van der Waals surface area contributed by atoms with Crippen LogP contribution in [0.1, 0.15) is 32.6 Å². The number of rotatable bonds is 6. The number of hydrogen-bond acceptors (Lipinski definition) is 4. The molecular formula is C20H17IN2O3. The molecule has 0 saturated carbocycles. The summed E-state index contributed by atoms with van der Waals surface area (Å²) in [6, 6.07) is 18.9. The van der Waals surface area contributed by atoms with Gasteiger partial charge in [-0.15, -0.1) is 0 Å². The monoisotopic (exact) mass is 460 g/mol. The molecule has 1 atom stereocenters. The van der Waals surface area contributed by atoms with Crippen LogP contribution in [0.15, 0.2) is 79.1 Å². The van der Waals surface area contributed by atoms with E-state index in [1.165, 1.54) is 6.20 Å². The first-order valence-electron chi connectivity index (χ1n) is 7.87. The average molecular weight is 460 g/mol. The number of halogens is 1. The number of benzene rings is 1. The fourth-order valence-corrected chi connectivity index (χ4v) is 2.52. The van der Waals surface area contributed by atoms with Crippen LogP contribution >= 0.6 is 0 Å². The number of carbonyl (C=O) groups is 2. The van der Waals surface area contributed by atoms with Gasteiger partial charge in [-0.1, -0.05) is 36.4 Å². The van der Waals surface area contributed by atoms with E-state index in [-0.39, 0.29) is 47.7 Å². The molecule has 5 nitrogen and oxygen atoms in total. The van der Waals surface area contributed by atoms with E-state index in [9.17, 15) is 14.7 Å². The minimum atomic E-state index is -1.37. The van der Waals surface area contributed by atoms with Crippen molar-refractivity contribution in [3.63, 3.8) is 0 Å². The van der Waals surface area contributed by atoms with E-state index < -0.39 is 11.9 Å². The summed E-state index contributed by atoms with van der Waals surface area (Å²) in [7, 11) is 0. The predicted molar refractivity (Wildman–Crippen MR) is 90.9 cm³/mol. The minimum Gasteiger partial charge on any atom is -1.00 e. The van der Waals surface area contributed by atoms with Crippen LogP contribution in [0.3, 0.4) is 0 Å². The molecule has 132 valence electrons. The van der Waals surface area contributed by atoms with Crippen LogP contribution in [-0.2, 0) is 6.54 Å². The standard InChI is InChI=1S/C20H17N2O3.HI/c23-18(15-8-2-1-3-9-15)14-22-13-7-5-11-17(22)20(25)19(24)16-10-4-6-12-21-16;/h1-13,19,24H,14H2;1H/q+1;/p-1. The largest absolute Gasteiger partial charge is 1.00 e. The maximum Gasteiger partial charge on any atom is 0.260 e. The number of Topliss-reactive ketones (excluding diaryl/α,β-unsaturated/α-hetero) is 2. The van der Waals surface area contributed by atoms with Crippen molar-refractivity contribution in [1.29, 1.82) is 0 Å². The summed E-state index contributed by atoms with van der Waals surface area (Å²) in [5.41, 5.74) is 1.10. The van der Waals surface area contributed by atoms with Crippen molar-refractivity contribution in [2.75, 3.05) is 0 Å². The summed E-state index contributed by atoms with van der Waals surface area (Å²) < 4.78 is 1.55. The summed E-state index contributed by atoms with van der Waals surface area (Å²) in [5.74, 6) is -0.613. The van der Waals surface area contributed by atoms with E-state index in [1.807, 2.05) is 6.07 Å². The van der Waals surface area contributed by atoms with Crippen LogP contribution in [0.4, 0.5) is 0 Å². The van der Waals surface area contributed by atoms with Gasteiger partial charge in [0, 0.05) is 23.9 Å². The molecule has 0 spiro atoms. The zero-order valence-corrected chi connectivity index (χ0v) is 16.0. The lowest BCUT2D eigenvalue weighted by molar-refractivity contribution is -0.685. The normalized spacial score (nSPS) is 11.3. The van der Waals surface area contributed by atoms with Crippen LogP contribution < -0.4 is 28.5 Å². The van der Waals surface area contributed by atoms with Crippen molar-refractivity contribution >= 4 is 11.6 Å². The van der Waals surface area contributed by atoms with E-state index in [1.54, 1.807) is 71.4 Å². The molecule has 2 heterocycles. The number of ketones is 2. The van der Waals surface area contributed by atoms with Crippen molar-refractivity contribution < 1.29 is 43.2 Å². The quantitative estimate of drug-likeness (QED) is 0.297. The van der Waals surface area contributed by atoms with Gasteiger partial charge in [0.2, 0.25) is 12.3 Å². The smallest absolute Gasteiger partial charge is 0.260 e. The third-order valence-corrected chi connectivity index (χ3v) is 3.82. The minimum absolute atomic E-state index is 0. The molecule has 0 aliphatic rings. The lowest BCUT2D eigenvalue weighted by Crippen LogP contribution is -3.00. The molecule has 3 aromatic rings. The second kappa shape index (κ2) is 9.30. The van der Waals surface area contributed by atoms with Crippen LogP contribution in [-0.4, -0.2) is 21.7 Å². The van der Waals surface area contributed by atoms with E-state index >= 15 is 0 Å². The van der Waals surface area contributed by atoms with E-state index in [0.717, 1.165) is 0 Å². The highest BCUT2D eigenvalue weighted by Crippen LogP contribution is 2.14. The molecule has 0 saturated heterocycles. The van der Waals surface area contributed by atoms with Crippen LogP contribution in [0.2, 0.25) is 0 Å². The first-order valence-corrected chi connectivity index (χ1v) is 7.87. The highest BCUT2D eigenvalue weighted by molar-refractivity contribution is 5.97. The van der Waals surface area contributed by atoms with Gasteiger partial charge < -0.3 is 29.1 Å². The van der Waals surface area contributed by atoms with Gasteiger partial charge in [-0.25, -0.2) is 0 Å². The van der Waals surface area contributed by atoms with Crippen molar-refractivity contribution in [3.05, 3.63) is 96.1 Å². The van der Waals surface area contributed by atoms with Crippen molar-refractivity contribution in [3.8, 4) is 0 Å². The molecule has 6 heteroatoms. The van der Waals surface area contributed by atoms with Gasteiger partial charge in [-0.05, 0) is 18.2 Å². The van der Waals surface area contributed by atoms with Gasteiger partial charge in [0.1, 0.15) is 0 Å². The summed E-state index contributed by atoms with van der Waals surface area (Å²) in [6.07, 6.45) is 1.80. The number of hydrogen-bond donors (Lipinski definition) is 1. The predicted octanol–water partition coefficient (Wildman–Crippen LogP) is -0.828. The van der Waals surface area contributed by atoms with Gasteiger partial charge in [0.15, 0.2) is 12.3 Å². The van der Waals surface area contributed by atoms with Crippen molar-refractivity contribution in [2.24, 2.45) is 0 Å². The van der Waals surface area contributed by atoms with Crippen LogP contribution in [0.5, 0.6) is 0 Å². The fraction of sp³-hybridized carbons (Fsp3) is 0.100. The molecule has 26 heavy (non-hydrogen) atoms. The molecule has 0 fully saturated rings. The Morgan fingerprint density at radius 1 is 0.962 bits per heavy atom. The fourth-order valence-electron chi connectivity index (χ4n) is 2.52. The van der Waals surface area contributed by atoms with Gasteiger partial charge >= 0.3 is 0 Å². The van der Waals surface area contributed by atoms with Crippen LogP contribution in [0.25, 0.3) is 0 Å². The number of aliphatic hydroxyl groups excluding tert-OH is 1. The first kappa shape index (κ1) is 19.9. The molecule has 0 radical (unpaired) electrons. The van der Waals surface area contributed by atoms with Gasteiger partial charge in [-0.3, -0.25) is 14.6 Å².